The molecule has 3 rings (SSSR count). The molecule has 2 fully saturated rings. The van der Waals surface area contributed by atoms with Gasteiger partial charge in [0.1, 0.15) is 0 Å². The Balaban J connectivity index is 1.61. The summed E-state index contributed by atoms with van der Waals surface area (Å²) in [5, 5.41) is 0. The summed E-state index contributed by atoms with van der Waals surface area (Å²) in [6, 6.07) is 6.52. The molecule has 1 aromatic carbocycles. The van der Waals surface area contributed by atoms with E-state index < -0.39 is 19.9 Å². The Labute approximate surface area is 186 Å². The largest absolute Gasteiger partial charge is 0.335 e. The van der Waals surface area contributed by atoms with Crippen molar-refractivity contribution >= 4 is 25.8 Å². The number of benzene rings is 1. The highest BCUT2D eigenvalue weighted by Crippen LogP contribution is 2.22. The van der Waals surface area contributed by atoms with Crippen LogP contribution in [-0.2, 0) is 24.7 Å². The summed E-state index contributed by atoms with van der Waals surface area (Å²) in [7, 11) is -6.63. The van der Waals surface area contributed by atoms with Gasteiger partial charge < -0.3 is 4.90 Å². The van der Waals surface area contributed by atoms with Crippen LogP contribution in [0.1, 0.15) is 32.3 Å². The molecule has 2 atom stereocenters. The van der Waals surface area contributed by atoms with Crippen LogP contribution < -0.4 is 0 Å². The lowest BCUT2D eigenvalue weighted by Crippen LogP contribution is -2.54. The summed E-state index contributed by atoms with van der Waals surface area (Å²) < 4.78 is 51.1. The number of hydrogen-bond donors (Lipinski definition) is 0. The van der Waals surface area contributed by atoms with Crippen molar-refractivity contribution < 1.29 is 21.6 Å². The molecule has 2 aliphatic rings. The van der Waals surface area contributed by atoms with Crippen LogP contribution in [0, 0.1) is 6.92 Å². The lowest BCUT2D eigenvalue weighted by Gasteiger charge is -2.38. The Morgan fingerprint density at radius 1 is 1.16 bits per heavy atom. The number of carbonyl (C=O) groups excluding carboxylic acids is 1. The van der Waals surface area contributed by atoms with Crippen molar-refractivity contribution in [3.05, 3.63) is 29.8 Å². The van der Waals surface area contributed by atoms with Crippen LogP contribution in [-0.4, -0.2) is 93.2 Å². The average Bonchev–Trinajstić information content (AvgIpc) is 3.07. The summed E-state index contributed by atoms with van der Waals surface area (Å²) in [5.74, 6) is 0.0882. The van der Waals surface area contributed by atoms with E-state index in [-0.39, 0.29) is 40.9 Å². The van der Waals surface area contributed by atoms with Crippen LogP contribution in [0.4, 0.5) is 0 Å². The molecule has 2 aliphatic heterocycles. The number of rotatable bonds is 7. The van der Waals surface area contributed by atoms with Gasteiger partial charge in [-0.3, -0.25) is 9.69 Å². The first kappa shape index (κ1) is 24.2. The Bertz CT molecular complexity index is 984. The van der Waals surface area contributed by atoms with Crippen molar-refractivity contribution in [2.45, 2.75) is 50.6 Å². The first-order valence-electron chi connectivity index (χ1n) is 10.8. The third-order valence-electron chi connectivity index (χ3n) is 6.30. The lowest BCUT2D eigenvalue weighted by atomic mass is 10.1. The number of aryl methyl sites for hydroxylation is 1. The van der Waals surface area contributed by atoms with E-state index in [1.165, 1.54) is 4.31 Å². The third-order valence-corrected chi connectivity index (χ3v) is 9.97. The number of amides is 1. The summed E-state index contributed by atoms with van der Waals surface area (Å²) in [6.45, 7) is 7.62. The maximum Gasteiger partial charge on any atom is 0.243 e. The van der Waals surface area contributed by atoms with Gasteiger partial charge in [-0.05, 0) is 38.8 Å². The SMILES string of the molecule is CC[C@@H](C)N(C(=O)CN1CCN(S(=O)(=O)c2ccc(C)cc2)CC1)[C@H]1CCS(=O)(=O)C1. The van der Waals surface area contributed by atoms with Crippen LogP contribution in [0.2, 0.25) is 0 Å². The predicted molar refractivity (Wildman–Crippen MR) is 120 cm³/mol. The third kappa shape index (κ3) is 5.66. The van der Waals surface area contributed by atoms with Crippen LogP contribution >= 0.6 is 0 Å². The molecule has 2 heterocycles. The van der Waals surface area contributed by atoms with Crippen LogP contribution in [0.5, 0.6) is 0 Å². The topological polar surface area (TPSA) is 95.1 Å². The van der Waals surface area contributed by atoms with Crippen LogP contribution in [0.15, 0.2) is 29.2 Å². The molecule has 1 aromatic rings. The molecule has 174 valence electrons. The van der Waals surface area contributed by atoms with Crippen molar-refractivity contribution in [1.29, 1.82) is 0 Å². The van der Waals surface area contributed by atoms with E-state index in [1.54, 1.807) is 29.2 Å². The Morgan fingerprint density at radius 2 is 1.77 bits per heavy atom. The summed E-state index contributed by atoms with van der Waals surface area (Å²) in [4.78, 5) is 17.1. The van der Waals surface area contributed by atoms with Gasteiger partial charge >= 0.3 is 0 Å². The highest BCUT2D eigenvalue weighted by Gasteiger charge is 2.37. The maximum absolute atomic E-state index is 13.1. The predicted octanol–water partition coefficient (Wildman–Crippen LogP) is 1.12. The molecule has 0 N–H and O–H groups in total. The number of sulfone groups is 1. The number of carbonyl (C=O) groups is 1. The number of hydrogen-bond acceptors (Lipinski definition) is 6. The van der Waals surface area contributed by atoms with E-state index in [9.17, 15) is 21.6 Å². The zero-order valence-electron chi connectivity index (χ0n) is 18.5. The minimum Gasteiger partial charge on any atom is -0.335 e. The van der Waals surface area contributed by atoms with Crippen molar-refractivity contribution in [2.75, 3.05) is 44.2 Å². The van der Waals surface area contributed by atoms with Gasteiger partial charge in [0.25, 0.3) is 0 Å². The summed E-state index contributed by atoms with van der Waals surface area (Å²) >= 11 is 0. The number of sulfonamides is 1. The molecular weight excluding hydrogens is 438 g/mol. The zero-order valence-corrected chi connectivity index (χ0v) is 20.2. The summed E-state index contributed by atoms with van der Waals surface area (Å²) in [6.07, 6.45) is 1.24. The lowest BCUT2D eigenvalue weighted by molar-refractivity contribution is -0.137. The van der Waals surface area contributed by atoms with Crippen molar-refractivity contribution in [2.24, 2.45) is 0 Å². The van der Waals surface area contributed by atoms with Gasteiger partial charge in [0.2, 0.25) is 15.9 Å². The zero-order chi connectivity index (χ0) is 22.8. The fraction of sp³-hybridized carbons (Fsp3) is 0.667. The van der Waals surface area contributed by atoms with Gasteiger partial charge in [0, 0.05) is 38.3 Å². The molecule has 0 saturated carbocycles. The molecule has 0 aliphatic carbocycles. The maximum atomic E-state index is 13.1. The molecular formula is C21H33N3O5S2. The van der Waals surface area contributed by atoms with E-state index in [0.29, 0.717) is 32.6 Å². The highest BCUT2D eigenvalue weighted by atomic mass is 32.2. The molecule has 2 saturated heterocycles. The van der Waals surface area contributed by atoms with Crippen molar-refractivity contribution in [3.8, 4) is 0 Å². The molecule has 31 heavy (non-hydrogen) atoms. The first-order chi connectivity index (χ1) is 14.5. The average molecular weight is 472 g/mol. The van der Waals surface area contributed by atoms with E-state index in [0.717, 1.165) is 12.0 Å². The Hall–Kier alpha value is -1.49. The first-order valence-corrected chi connectivity index (χ1v) is 14.1. The van der Waals surface area contributed by atoms with E-state index in [1.807, 2.05) is 25.7 Å². The van der Waals surface area contributed by atoms with Crippen molar-refractivity contribution in [1.82, 2.24) is 14.1 Å². The van der Waals surface area contributed by atoms with E-state index >= 15 is 0 Å². The fourth-order valence-corrected chi connectivity index (χ4v) is 7.39. The van der Waals surface area contributed by atoms with Gasteiger partial charge in [-0.1, -0.05) is 24.6 Å². The second-order valence-corrected chi connectivity index (χ2v) is 12.8. The minimum absolute atomic E-state index is 0.0333. The van der Waals surface area contributed by atoms with Gasteiger partial charge in [-0.25, -0.2) is 16.8 Å². The molecule has 0 spiro atoms. The smallest absolute Gasteiger partial charge is 0.243 e. The van der Waals surface area contributed by atoms with Gasteiger partial charge in [-0.2, -0.15) is 4.31 Å². The van der Waals surface area contributed by atoms with E-state index in [2.05, 4.69) is 0 Å². The van der Waals surface area contributed by atoms with Crippen LogP contribution in [0.3, 0.4) is 0 Å². The second kappa shape index (κ2) is 9.56. The number of nitrogens with zero attached hydrogens (tertiary/aromatic N) is 3. The molecule has 10 heteroatoms. The Morgan fingerprint density at radius 3 is 2.29 bits per heavy atom. The fourth-order valence-electron chi connectivity index (χ4n) is 4.26. The standard InChI is InChI=1S/C21H33N3O5S2/c1-4-18(3)24(19-9-14-30(26,27)16-19)21(25)15-22-10-12-23(13-11-22)31(28,29)20-7-5-17(2)6-8-20/h5-8,18-19H,4,9-16H2,1-3H3/t18-,19+/m1/s1. The normalized spacial score (nSPS) is 23.5. The molecule has 8 nitrogen and oxygen atoms in total. The highest BCUT2D eigenvalue weighted by molar-refractivity contribution is 7.91. The van der Waals surface area contributed by atoms with Crippen LogP contribution in [0.25, 0.3) is 0 Å². The Kier molecular flexibility index (Phi) is 7.45. The van der Waals surface area contributed by atoms with Crippen molar-refractivity contribution in [3.63, 3.8) is 0 Å². The molecule has 0 bridgehead atoms. The molecule has 0 radical (unpaired) electrons. The number of piperazine rings is 1. The van der Waals surface area contributed by atoms with E-state index in [4.69, 9.17) is 0 Å². The molecule has 0 unspecified atom stereocenters. The monoisotopic (exact) mass is 471 g/mol. The van der Waals surface area contributed by atoms with Gasteiger partial charge in [-0.15, -0.1) is 0 Å². The molecule has 0 aromatic heterocycles. The molecule has 1 amide bonds. The van der Waals surface area contributed by atoms with Gasteiger partial charge in [0.15, 0.2) is 9.84 Å². The van der Waals surface area contributed by atoms with Gasteiger partial charge in [0.05, 0.1) is 22.9 Å². The quantitative estimate of drug-likeness (QED) is 0.591. The summed E-state index contributed by atoms with van der Waals surface area (Å²) in [5.41, 5.74) is 1.00. The second-order valence-electron chi connectivity index (χ2n) is 8.61. The minimum atomic E-state index is -3.55.